The quantitative estimate of drug-likeness (QED) is 0.929. The van der Waals surface area contributed by atoms with Crippen molar-refractivity contribution in [1.82, 2.24) is 19.7 Å². The highest BCUT2D eigenvalue weighted by Gasteiger charge is 2.39. The lowest BCUT2D eigenvalue weighted by atomic mass is 9.92. The number of nitrogens with zero attached hydrogens (tertiary/aromatic N) is 5. The van der Waals surface area contributed by atoms with Crippen LogP contribution in [0.15, 0.2) is 24.7 Å². The molecule has 2 aromatic rings. The van der Waals surface area contributed by atoms with Crippen LogP contribution in [0, 0.1) is 5.41 Å². The van der Waals surface area contributed by atoms with Gasteiger partial charge >= 0.3 is 0 Å². The molecule has 1 aliphatic heterocycles. The van der Waals surface area contributed by atoms with Crippen LogP contribution in [0.25, 0.3) is 0 Å². The summed E-state index contributed by atoms with van der Waals surface area (Å²) in [6, 6.07) is 1.76. The van der Waals surface area contributed by atoms with Gasteiger partial charge in [0.15, 0.2) is 0 Å². The van der Waals surface area contributed by atoms with Crippen LogP contribution in [0.3, 0.4) is 0 Å². The molecule has 3 rings (SSSR count). The minimum Gasteiger partial charge on any atom is -0.321 e. The Morgan fingerprint density at radius 1 is 1.38 bits per heavy atom. The molecule has 110 valence electrons. The number of anilines is 3. The zero-order chi connectivity index (χ0) is 15.0. The molecule has 0 unspecified atom stereocenters. The lowest BCUT2D eigenvalue weighted by Gasteiger charge is -2.18. The topological polar surface area (TPSA) is 75.9 Å². The van der Waals surface area contributed by atoms with Crippen LogP contribution in [0.4, 0.5) is 17.5 Å². The van der Waals surface area contributed by atoms with Gasteiger partial charge in [0.2, 0.25) is 11.9 Å². The van der Waals surface area contributed by atoms with Crippen LogP contribution in [0.5, 0.6) is 0 Å². The maximum absolute atomic E-state index is 12.3. The largest absolute Gasteiger partial charge is 0.321 e. The fraction of sp³-hybridized carbons (Fsp3) is 0.429. The SMILES string of the molecule is Cn1cc(Nc2nccc(N3CCC(C)(C)C3=O)n2)cn1. The fourth-order valence-electron chi connectivity index (χ4n) is 2.36. The van der Waals surface area contributed by atoms with Crippen molar-refractivity contribution in [1.29, 1.82) is 0 Å². The molecule has 0 atom stereocenters. The molecule has 1 amide bonds. The zero-order valence-corrected chi connectivity index (χ0v) is 12.4. The molecule has 7 nitrogen and oxygen atoms in total. The molecular weight excluding hydrogens is 268 g/mol. The van der Waals surface area contributed by atoms with Gasteiger partial charge in [-0.15, -0.1) is 0 Å². The minimum atomic E-state index is -0.318. The van der Waals surface area contributed by atoms with Gasteiger partial charge in [-0.25, -0.2) is 4.98 Å². The molecule has 1 N–H and O–H groups in total. The minimum absolute atomic E-state index is 0.105. The third-order valence-corrected chi connectivity index (χ3v) is 3.66. The predicted molar refractivity (Wildman–Crippen MR) is 79.3 cm³/mol. The first kappa shape index (κ1) is 13.5. The van der Waals surface area contributed by atoms with E-state index in [4.69, 9.17) is 0 Å². The molecule has 1 aliphatic rings. The summed E-state index contributed by atoms with van der Waals surface area (Å²) in [6.45, 7) is 4.62. The van der Waals surface area contributed by atoms with Crippen LogP contribution >= 0.6 is 0 Å². The van der Waals surface area contributed by atoms with Crippen LogP contribution in [0.1, 0.15) is 20.3 Å². The number of aromatic nitrogens is 4. The number of rotatable bonds is 3. The van der Waals surface area contributed by atoms with Gasteiger partial charge in [-0.05, 0) is 12.5 Å². The predicted octanol–water partition coefficient (Wildman–Crippen LogP) is 1.72. The Bertz CT molecular complexity index is 678. The highest BCUT2D eigenvalue weighted by molar-refractivity contribution is 5.98. The lowest BCUT2D eigenvalue weighted by molar-refractivity contribution is -0.124. The highest BCUT2D eigenvalue weighted by Crippen LogP contribution is 2.33. The molecule has 0 bridgehead atoms. The van der Waals surface area contributed by atoms with Crippen LogP contribution < -0.4 is 10.2 Å². The maximum atomic E-state index is 12.3. The zero-order valence-electron chi connectivity index (χ0n) is 12.4. The van der Waals surface area contributed by atoms with Crippen LogP contribution in [0.2, 0.25) is 0 Å². The van der Waals surface area contributed by atoms with Gasteiger partial charge < -0.3 is 5.32 Å². The Labute approximate surface area is 123 Å². The standard InChI is InChI=1S/C14H18N6O/c1-14(2)5-7-20(12(14)21)11-4-6-15-13(18-11)17-10-8-16-19(3)9-10/h4,6,8-9H,5,7H2,1-3H3,(H,15,17,18). The molecule has 1 fully saturated rings. The molecule has 0 saturated carbocycles. The van der Waals surface area contributed by atoms with Crippen molar-refractivity contribution < 1.29 is 4.79 Å². The summed E-state index contributed by atoms with van der Waals surface area (Å²) >= 11 is 0. The van der Waals surface area contributed by atoms with Gasteiger partial charge in [-0.1, -0.05) is 13.8 Å². The second-order valence-corrected chi connectivity index (χ2v) is 5.86. The first-order valence-corrected chi connectivity index (χ1v) is 6.86. The Balaban J connectivity index is 1.82. The molecule has 0 radical (unpaired) electrons. The fourth-order valence-corrected chi connectivity index (χ4v) is 2.36. The molecule has 1 saturated heterocycles. The second-order valence-electron chi connectivity index (χ2n) is 5.86. The van der Waals surface area contributed by atoms with Crippen molar-refractivity contribution in [2.24, 2.45) is 12.5 Å². The molecule has 0 spiro atoms. The van der Waals surface area contributed by atoms with Crippen LogP contribution in [-0.4, -0.2) is 32.2 Å². The van der Waals surface area contributed by atoms with E-state index in [9.17, 15) is 4.79 Å². The van der Waals surface area contributed by atoms with Crippen molar-refractivity contribution in [3.8, 4) is 0 Å². The first-order chi connectivity index (χ1) is 9.95. The monoisotopic (exact) mass is 286 g/mol. The molecule has 0 aromatic carbocycles. The summed E-state index contributed by atoms with van der Waals surface area (Å²) in [5.41, 5.74) is 0.491. The number of carbonyl (C=O) groups excluding carboxylic acids is 1. The summed E-state index contributed by atoms with van der Waals surface area (Å²) in [5.74, 6) is 1.19. The van der Waals surface area contributed by atoms with Crippen molar-refractivity contribution in [2.75, 3.05) is 16.8 Å². The van der Waals surface area contributed by atoms with Crippen LogP contribution in [-0.2, 0) is 11.8 Å². The van der Waals surface area contributed by atoms with E-state index in [0.29, 0.717) is 18.3 Å². The molecule has 3 heterocycles. The van der Waals surface area contributed by atoms with Gasteiger partial charge in [0.05, 0.1) is 11.9 Å². The second kappa shape index (κ2) is 4.83. The van der Waals surface area contributed by atoms with Gasteiger partial charge in [0, 0.05) is 31.4 Å². The summed E-state index contributed by atoms with van der Waals surface area (Å²) in [7, 11) is 1.84. The Morgan fingerprint density at radius 2 is 2.19 bits per heavy atom. The third-order valence-electron chi connectivity index (χ3n) is 3.66. The number of nitrogens with one attached hydrogen (secondary N) is 1. The van der Waals surface area contributed by atoms with Gasteiger partial charge in [-0.3, -0.25) is 14.4 Å². The molecule has 7 heteroatoms. The van der Waals surface area contributed by atoms with E-state index in [2.05, 4.69) is 20.4 Å². The molecule has 21 heavy (non-hydrogen) atoms. The average Bonchev–Trinajstić information content (AvgIpc) is 2.95. The Kier molecular flexibility index (Phi) is 3.12. The summed E-state index contributed by atoms with van der Waals surface area (Å²) in [4.78, 5) is 22.7. The van der Waals surface area contributed by atoms with E-state index in [1.165, 1.54) is 0 Å². The van der Waals surface area contributed by atoms with Crippen molar-refractivity contribution >= 4 is 23.4 Å². The number of carbonyl (C=O) groups is 1. The number of hydrogen-bond donors (Lipinski definition) is 1. The molecule has 0 aliphatic carbocycles. The average molecular weight is 286 g/mol. The molecular formula is C14H18N6O. The summed E-state index contributed by atoms with van der Waals surface area (Å²) in [6.07, 6.45) is 6.02. The summed E-state index contributed by atoms with van der Waals surface area (Å²) < 4.78 is 1.69. The van der Waals surface area contributed by atoms with Gasteiger partial charge in [0.1, 0.15) is 5.82 Å². The highest BCUT2D eigenvalue weighted by atomic mass is 16.2. The number of amides is 1. The van der Waals surface area contributed by atoms with E-state index in [-0.39, 0.29) is 11.3 Å². The third kappa shape index (κ3) is 2.58. The van der Waals surface area contributed by atoms with E-state index in [0.717, 1.165) is 12.1 Å². The lowest BCUT2D eigenvalue weighted by Crippen LogP contribution is -2.31. The summed E-state index contributed by atoms with van der Waals surface area (Å²) in [5, 5.41) is 7.16. The van der Waals surface area contributed by atoms with E-state index in [1.54, 1.807) is 28.0 Å². The first-order valence-electron chi connectivity index (χ1n) is 6.86. The van der Waals surface area contributed by atoms with Crippen molar-refractivity contribution in [2.45, 2.75) is 20.3 Å². The van der Waals surface area contributed by atoms with E-state index >= 15 is 0 Å². The number of hydrogen-bond acceptors (Lipinski definition) is 5. The Morgan fingerprint density at radius 3 is 2.81 bits per heavy atom. The van der Waals surface area contributed by atoms with Crippen molar-refractivity contribution in [3.63, 3.8) is 0 Å². The van der Waals surface area contributed by atoms with E-state index < -0.39 is 0 Å². The van der Waals surface area contributed by atoms with Gasteiger partial charge in [0.25, 0.3) is 0 Å². The van der Waals surface area contributed by atoms with Crippen molar-refractivity contribution in [3.05, 3.63) is 24.7 Å². The number of aryl methyl sites for hydroxylation is 1. The van der Waals surface area contributed by atoms with E-state index in [1.807, 2.05) is 27.1 Å². The Hall–Kier alpha value is -2.44. The maximum Gasteiger partial charge on any atom is 0.233 e. The van der Waals surface area contributed by atoms with Gasteiger partial charge in [-0.2, -0.15) is 10.1 Å². The molecule has 2 aromatic heterocycles. The normalized spacial score (nSPS) is 17.3. The smallest absolute Gasteiger partial charge is 0.233 e.